The molecule has 0 nitrogen and oxygen atoms in total. The first kappa shape index (κ1) is 12.4. The molecular weight excluding hydrogens is 256 g/mol. The van der Waals surface area contributed by atoms with E-state index in [9.17, 15) is 0 Å². The van der Waals surface area contributed by atoms with Gasteiger partial charge in [0.1, 0.15) is 0 Å². The number of fused-ring (bicyclic) bond motifs is 1. The molecule has 0 N–H and O–H groups in total. The molecule has 4 heteroatoms. The number of aryl methyl sites for hydroxylation is 1. The SMILES string of the molecule is CC1CCc2cccc(P(P)PP)c2C1. The summed E-state index contributed by atoms with van der Waals surface area (Å²) in [4.78, 5) is 0. The van der Waals surface area contributed by atoms with Crippen molar-refractivity contribution in [1.29, 1.82) is 0 Å². The van der Waals surface area contributed by atoms with E-state index in [2.05, 4.69) is 43.0 Å². The van der Waals surface area contributed by atoms with E-state index in [1.807, 2.05) is 0 Å². The van der Waals surface area contributed by atoms with Gasteiger partial charge >= 0.3 is 0 Å². The highest BCUT2D eigenvalue weighted by atomic mass is 32.6. The van der Waals surface area contributed by atoms with Crippen molar-refractivity contribution in [3.8, 4) is 0 Å². The molecule has 82 valence electrons. The summed E-state index contributed by atoms with van der Waals surface area (Å²) in [5.41, 5.74) is 3.29. The normalized spacial score (nSPS) is 23.0. The first-order valence-electron chi connectivity index (χ1n) is 5.34. The van der Waals surface area contributed by atoms with Gasteiger partial charge in [-0.1, -0.05) is 33.1 Å². The van der Waals surface area contributed by atoms with Crippen LogP contribution < -0.4 is 5.30 Å². The van der Waals surface area contributed by atoms with Gasteiger partial charge in [0.25, 0.3) is 0 Å². The van der Waals surface area contributed by atoms with Gasteiger partial charge in [0.05, 0.1) is 0 Å². The second-order valence-corrected chi connectivity index (χ2v) is 13.4. The van der Waals surface area contributed by atoms with Crippen LogP contribution in [0.1, 0.15) is 24.5 Å². The number of benzene rings is 1. The van der Waals surface area contributed by atoms with Crippen molar-refractivity contribution >= 4 is 38.4 Å². The maximum absolute atomic E-state index is 3.05. The summed E-state index contributed by atoms with van der Waals surface area (Å²) in [7, 11) is 6.92. The van der Waals surface area contributed by atoms with E-state index < -0.39 is 0 Å². The minimum atomic E-state index is 0.000242. The molecule has 5 atom stereocenters. The van der Waals surface area contributed by atoms with Crippen molar-refractivity contribution in [3.05, 3.63) is 29.3 Å². The molecule has 0 saturated carbocycles. The molecule has 1 aromatic rings. The van der Waals surface area contributed by atoms with Gasteiger partial charge in [0, 0.05) is 0 Å². The van der Waals surface area contributed by atoms with E-state index in [0.29, 0.717) is 0 Å². The zero-order chi connectivity index (χ0) is 10.8. The lowest BCUT2D eigenvalue weighted by atomic mass is 9.85. The summed E-state index contributed by atoms with van der Waals surface area (Å²) >= 11 is 0. The minimum Gasteiger partial charge on any atom is -0.109 e. The van der Waals surface area contributed by atoms with Gasteiger partial charge in [0.2, 0.25) is 0 Å². The van der Waals surface area contributed by atoms with Gasteiger partial charge in [-0.25, -0.2) is 0 Å². The Morgan fingerprint density at radius 1 is 1.47 bits per heavy atom. The fourth-order valence-corrected chi connectivity index (χ4v) is 6.17. The largest absolute Gasteiger partial charge is 0.109 e. The molecule has 1 aromatic carbocycles. The van der Waals surface area contributed by atoms with E-state index >= 15 is 0 Å². The summed E-state index contributed by atoms with van der Waals surface area (Å²) in [6.45, 7) is 2.38. The number of hydrogen-bond acceptors (Lipinski definition) is 0. The first-order chi connectivity index (χ1) is 7.22. The molecule has 0 spiro atoms. The van der Waals surface area contributed by atoms with Crippen molar-refractivity contribution in [3.63, 3.8) is 0 Å². The molecule has 2 rings (SSSR count). The lowest BCUT2D eigenvalue weighted by Crippen LogP contribution is -2.18. The molecule has 0 radical (unpaired) electrons. The fourth-order valence-electron chi connectivity index (χ4n) is 2.24. The van der Waals surface area contributed by atoms with Crippen molar-refractivity contribution in [2.75, 3.05) is 0 Å². The van der Waals surface area contributed by atoms with Crippen LogP contribution in [0.5, 0.6) is 0 Å². The van der Waals surface area contributed by atoms with Crippen molar-refractivity contribution < 1.29 is 0 Å². The van der Waals surface area contributed by atoms with E-state index in [4.69, 9.17) is 0 Å². The van der Waals surface area contributed by atoms with Crippen LogP contribution in [0.25, 0.3) is 0 Å². The molecule has 0 aliphatic heterocycles. The van der Waals surface area contributed by atoms with E-state index in [1.54, 1.807) is 16.4 Å². The Labute approximate surface area is 100 Å². The maximum atomic E-state index is 3.05. The van der Waals surface area contributed by atoms with Crippen LogP contribution in [0.15, 0.2) is 18.2 Å². The summed E-state index contributed by atoms with van der Waals surface area (Å²) in [5, 5.41) is 1.63. The average molecular weight is 274 g/mol. The average Bonchev–Trinajstić information content (AvgIpc) is 2.27. The topological polar surface area (TPSA) is 0 Å². The molecule has 15 heavy (non-hydrogen) atoms. The lowest BCUT2D eigenvalue weighted by Gasteiger charge is -2.26. The molecular formula is C11H18P4. The van der Waals surface area contributed by atoms with Crippen LogP contribution in [0.4, 0.5) is 0 Å². The van der Waals surface area contributed by atoms with Gasteiger partial charge in [0.15, 0.2) is 0 Å². The lowest BCUT2D eigenvalue weighted by molar-refractivity contribution is 0.503. The van der Waals surface area contributed by atoms with Crippen LogP contribution >= 0.6 is 33.1 Å². The third-order valence-electron chi connectivity index (χ3n) is 3.11. The summed E-state index contributed by atoms with van der Waals surface area (Å²) in [6, 6.07) is 6.91. The van der Waals surface area contributed by atoms with Crippen LogP contribution in [-0.2, 0) is 12.8 Å². The molecule has 5 unspecified atom stereocenters. The molecule has 0 amide bonds. The van der Waals surface area contributed by atoms with Crippen LogP contribution in [-0.4, -0.2) is 0 Å². The van der Waals surface area contributed by atoms with Gasteiger partial charge < -0.3 is 0 Å². The highest BCUT2D eigenvalue weighted by Gasteiger charge is 2.19. The Morgan fingerprint density at radius 2 is 2.27 bits per heavy atom. The smallest absolute Gasteiger partial charge is 0.0123 e. The van der Waals surface area contributed by atoms with E-state index in [-0.39, 0.29) is 7.30 Å². The van der Waals surface area contributed by atoms with E-state index in [0.717, 1.165) is 13.9 Å². The first-order valence-corrected chi connectivity index (χ1v) is 12.0. The quantitative estimate of drug-likeness (QED) is 0.712. The van der Waals surface area contributed by atoms with Crippen molar-refractivity contribution in [2.45, 2.75) is 26.2 Å². The highest BCUT2D eigenvalue weighted by molar-refractivity contribution is 8.63. The second kappa shape index (κ2) is 5.52. The molecule has 0 saturated heterocycles. The Hall–Kier alpha value is 0.940. The van der Waals surface area contributed by atoms with E-state index in [1.165, 1.54) is 19.3 Å². The predicted molar refractivity (Wildman–Crippen MR) is 81.9 cm³/mol. The summed E-state index contributed by atoms with van der Waals surface area (Å²) in [6.07, 6.45) is 3.96. The van der Waals surface area contributed by atoms with Gasteiger partial charge in [-0.3, -0.25) is 0 Å². The fraction of sp³-hybridized carbons (Fsp3) is 0.455. The van der Waals surface area contributed by atoms with Gasteiger partial charge in [-0.15, -0.1) is 17.9 Å². The Bertz CT molecular complexity index is 350. The number of rotatable bonds is 2. The zero-order valence-corrected chi connectivity index (χ0v) is 13.2. The van der Waals surface area contributed by atoms with Crippen LogP contribution in [0.2, 0.25) is 0 Å². The monoisotopic (exact) mass is 274 g/mol. The predicted octanol–water partition coefficient (Wildman–Crippen LogP) is 4.09. The minimum absolute atomic E-state index is 0.000242. The standard InChI is InChI=1S/C11H18P4/c1-8-5-6-9-3-2-4-11(10(9)7-8)15(13)14-12/h2-4,8,14H,5-7,12-13H2,1H3. The molecule has 1 aliphatic carbocycles. The molecule has 0 bridgehead atoms. The van der Waals surface area contributed by atoms with Crippen molar-refractivity contribution in [1.82, 2.24) is 0 Å². The second-order valence-electron chi connectivity index (χ2n) is 4.26. The highest BCUT2D eigenvalue weighted by Crippen LogP contribution is 2.65. The summed E-state index contributed by atoms with van der Waals surface area (Å²) < 4.78 is 0. The van der Waals surface area contributed by atoms with Gasteiger partial charge in [-0.05, 0) is 48.9 Å². The Morgan fingerprint density at radius 3 is 3.00 bits per heavy atom. The maximum Gasteiger partial charge on any atom is -0.0123 e. The number of hydrogen-bond donors (Lipinski definition) is 0. The van der Waals surface area contributed by atoms with Crippen LogP contribution in [0, 0.1) is 5.92 Å². The Balaban J connectivity index is 2.39. The van der Waals surface area contributed by atoms with Gasteiger partial charge in [-0.2, -0.15) is 0 Å². The van der Waals surface area contributed by atoms with Crippen LogP contribution in [0.3, 0.4) is 0 Å². The molecule has 1 aliphatic rings. The van der Waals surface area contributed by atoms with Crippen molar-refractivity contribution in [2.24, 2.45) is 5.92 Å². The summed E-state index contributed by atoms with van der Waals surface area (Å²) in [5.74, 6) is 0.875. The third kappa shape index (κ3) is 2.79. The Kier molecular flexibility index (Phi) is 4.56. The zero-order valence-electron chi connectivity index (χ0n) is 9.03. The molecule has 0 heterocycles. The molecule has 0 fully saturated rings. The third-order valence-corrected chi connectivity index (χ3v) is 13.2. The molecule has 0 aromatic heterocycles.